The molecular weight excluding hydrogens is 208 g/mol. The van der Waals surface area contributed by atoms with Gasteiger partial charge in [0.25, 0.3) is 6.43 Å². The number of carbonyl (C=O) groups is 2. The molecule has 0 N–H and O–H groups in total. The Morgan fingerprint density at radius 1 is 1.60 bits per heavy atom. The molecule has 0 aromatic carbocycles. The van der Waals surface area contributed by atoms with Gasteiger partial charge >= 0.3 is 5.97 Å². The first-order valence-electron chi connectivity index (χ1n) is 3.91. The van der Waals surface area contributed by atoms with E-state index in [-0.39, 0.29) is 17.5 Å². The monoisotopic (exact) mass is 215 g/mol. The Labute approximate surface area is 83.9 Å². The normalized spacial score (nSPS) is 10.1. The first-order valence-corrected chi connectivity index (χ1v) is 3.91. The van der Waals surface area contributed by atoms with Crippen LogP contribution < -0.4 is 0 Å². The average molecular weight is 215 g/mol. The molecular formula is C9H7F2NO3. The van der Waals surface area contributed by atoms with Gasteiger partial charge in [-0.2, -0.15) is 0 Å². The van der Waals surface area contributed by atoms with Crippen molar-refractivity contribution in [3.8, 4) is 0 Å². The topological polar surface area (TPSA) is 56.3 Å². The Kier molecular flexibility index (Phi) is 3.43. The van der Waals surface area contributed by atoms with Gasteiger partial charge in [-0.3, -0.25) is 9.78 Å². The molecule has 0 aliphatic rings. The Morgan fingerprint density at radius 2 is 2.27 bits per heavy atom. The summed E-state index contributed by atoms with van der Waals surface area (Å²) in [5.41, 5.74) is -1.07. The summed E-state index contributed by atoms with van der Waals surface area (Å²) in [6, 6.07) is 0.896. The summed E-state index contributed by atoms with van der Waals surface area (Å²) in [7, 11) is 1.12. The van der Waals surface area contributed by atoms with Gasteiger partial charge in [-0.25, -0.2) is 13.6 Å². The third-order valence-electron chi connectivity index (χ3n) is 1.72. The summed E-state index contributed by atoms with van der Waals surface area (Å²) < 4.78 is 29.2. The van der Waals surface area contributed by atoms with Crippen molar-refractivity contribution in [1.82, 2.24) is 4.98 Å². The fraction of sp³-hybridized carbons (Fsp3) is 0.222. The fourth-order valence-electron chi connectivity index (χ4n) is 0.995. The number of ether oxygens (including phenoxy) is 1. The van der Waals surface area contributed by atoms with Crippen LogP contribution in [0.2, 0.25) is 0 Å². The number of halogens is 2. The molecule has 0 aliphatic carbocycles. The molecule has 0 aliphatic heterocycles. The minimum Gasteiger partial charge on any atom is -0.465 e. The summed E-state index contributed by atoms with van der Waals surface area (Å²) >= 11 is 0. The maximum Gasteiger partial charge on any atom is 0.339 e. The Morgan fingerprint density at radius 3 is 2.73 bits per heavy atom. The van der Waals surface area contributed by atoms with Crippen molar-refractivity contribution in [2.75, 3.05) is 7.11 Å². The number of aromatic nitrogens is 1. The van der Waals surface area contributed by atoms with Crippen molar-refractivity contribution in [2.45, 2.75) is 6.43 Å². The molecule has 15 heavy (non-hydrogen) atoms. The molecule has 6 heteroatoms. The predicted octanol–water partition coefficient (Wildman–Crippen LogP) is 1.62. The lowest BCUT2D eigenvalue weighted by Gasteiger charge is -2.04. The minimum atomic E-state index is -2.86. The zero-order valence-corrected chi connectivity index (χ0v) is 7.74. The summed E-state index contributed by atoms with van der Waals surface area (Å²) in [5.74, 6) is -0.776. The molecule has 0 radical (unpaired) electrons. The van der Waals surface area contributed by atoms with Crippen LogP contribution in [0.3, 0.4) is 0 Å². The van der Waals surface area contributed by atoms with Crippen molar-refractivity contribution in [1.29, 1.82) is 0 Å². The molecule has 0 atom stereocenters. The second kappa shape index (κ2) is 4.59. The standard InChI is InChI=1S/C9H7F2NO3/c1-15-9(14)5-2-6(8(10)11)7(4-13)12-3-5/h2-4,8H,1H3. The summed E-state index contributed by atoms with van der Waals surface area (Å²) in [4.78, 5) is 24.8. The summed E-state index contributed by atoms with van der Waals surface area (Å²) in [6.07, 6.45) is -1.63. The van der Waals surface area contributed by atoms with Crippen molar-refractivity contribution in [3.63, 3.8) is 0 Å². The second-order valence-electron chi connectivity index (χ2n) is 2.61. The highest BCUT2D eigenvalue weighted by Crippen LogP contribution is 2.21. The molecule has 0 fully saturated rings. The number of aldehydes is 1. The highest BCUT2D eigenvalue weighted by atomic mass is 19.3. The largest absolute Gasteiger partial charge is 0.465 e. The predicted molar refractivity (Wildman–Crippen MR) is 45.9 cm³/mol. The third-order valence-corrected chi connectivity index (χ3v) is 1.72. The first-order chi connectivity index (χ1) is 7.10. The highest BCUT2D eigenvalue weighted by molar-refractivity contribution is 5.90. The van der Waals surface area contributed by atoms with E-state index in [0.717, 1.165) is 19.4 Å². The number of pyridine rings is 1. The van der Waals surface area contributed by atoms with Crippen LogP contribution in [-0.4, -0.2) is 24.3 Å². The van der Waals surface area contributed by atoms with Crippen molar-refractivity contribution in [3.05, 3.63) is 29.1 Å². The molecule has 80 valence electrons. The van der Waals surface area contributed by atoms with Gasteiger partial charge in [0.05, 0.1) is 12.7 Å². The molecule has 0 bridgehead atoms. The van der Waals surface area contributed by atoms with Crippen LogP contribution in [0.25, 0.3) is 0 Å². The van der Waals surface area contributed by atoms with Gasteiger partial charge in [0, 0.05) is 11.8 Å². The van der Waals surface area contributed by atoms with Crippen LogP contribution >= 0.6 is 0 Å². The first kappa shape index (κ1) is 11.2. The molecule has 0 unspecified atom stereocenters. The van der Waals surface area contributed by atoms with Gasteiger partial charge in [0.1, 0.15) is 5.69 Å². The second-order valence-corrected chi connectivity index (χ2v) is 2.61. The summed E-state index contributed by atoms with van der Waals surface area (Å²) in [6.45, 7) is 0. The van der Waals surface area contributed by atoms with Gasteiger partial charge in [0.15, 0.2) is 6.29 Å². The van der Waals surface area contributed by atoms with Crippen molar-refractivity contribution < 1.29 is 23.1 Å². The molecule has 1 aromatic heterocycles. The molecule has 0 spiro atoms. The van der Waals surface area contributed by atoms with Crippen molar-refractivity contribution in [2.24, 2.45) is 0 Å². The van der Waals surface area contributed by atoms with E-state index in [2.05, 4.69) is 9.72 Å². The summed E-state index contributed by atoms with van der Waals surface area (Å²) in [5, 5.41) is 0. The molecule has 0 saturated carbocycles. The van der Waals surface area contributed by atoms with Gasteiger partial charge in [-0.15, -0.1) is 0 Å². The number of rotatable bonds is 3. The number of alkyl halides is 2. The Balaban J connectivity index is 3.21. The van der Waals surface area contributed by atoms with Crippen LogP contribution in [0.4, 0.5) is 8.78 Å². The maximum absolute atomic E-state index is 12.4. The van der Waals surface area contributed by atoms with E-state index in [4.69, 9.17) is 0 Å². The number of hydrogen-bond acceptors (Lipinski definition) is 4. The van der Waals surface area contributed by atoms with Gasteiger partial charge in [-0.05, 0) is 6.07 Å². The fourth-order valence-corrected chi connectivity index (χ4v) is 0.995. The van der Waals surface area contributed by atoms with E-state index in [1.807, 2.05) is 0 Å². The van der Waals surface area contributed by atoms with Crippen LogP contribution in [0.5, 0.6) is 0 Å². The molecule has 0 amide bonds. The number of esters is 1. The smallest absolute Gasteiger partial charge is 0.339 e. The highest BCUT2D eigenvalue weighted by Gasteiger charge is 2.17. The number of hydrogen-bond donors (Lipinski definition) is 0. The number of methoxy groups -OCH3 is 1. The van der Waals surface area contributed by atoms with Crippen LogP contribution in [0.1, 0.15) is 32.8 Å². The van der Waals surface area contributed by atoms with E-state index in [1.54, 1.807) is 0 Å². The quantitative estimate of drug-likeness (QED) is 0.567. The van der Waals surface area contributed by atoms with Gasteiger partial charge < -0.3 is 4.74 Å². The van der Waals surface area contributed by atoms with Crippen molar-refractivity contribution >= 4 is 12.3 Å². The molecule has 1 aromatic rings. The molecule has 4 nitrogen and oxygen atoms in total. The van der Waals surface area contributed by atoms with E-state index in [1.165, 1.54) is 0 Å². The Bertz CT molecular complexity index is 393. The van der Waals surface area contributed by atoms with E-state index in [9.17, 15) is 18.4 Å². The Hall–Kier alpha value is -1.85. The lowest BCUT2D eigenvalue weighted by Crippen LogP contribution is -2.06. The average Bonchev–Trinajstić information content (AvgIpc) is 2.27. The zero-order valence-electron chi connectivity index (χ0n) is 7.74. The lowest BCUT2D eigenvalue weighted by molar-refractivity contribution is 0.0599. The number of carbonyl (C=O) groups excluding carboxylic acids is 2. The van der Waals surface area contributed by atoms with Crippen LogP contribution in [0, 0.1) is 0 Å². The minimum absolute atomic E-state index is 0.113. The van der Waals surface area contributed by atoms with Gasteiger partial charge in [0.2, 0.25) is 0 Å². The molecule has 1 heterocycles. The van der Waals surface area contributed by atoms with E-state index < -0.39 is 18.0 Å². The van der Waals surface area contributed by atoms with E-state index >= 15 is 0 Å². The number of nitrogens with zero attached hydrogens (tertiary/aromatic N) is 1. The molecule has 0 saturated heterocycles. The molecule has 1 rings (SSSR count). The van der Waals surface area contributed by atoms with E-state index in [0.29, 0.717) is 0 Å². The SMILES string of the molecule is COC(=O)c1cnc(C=O)c(C(F)F)c1. The van der Waals surface area contributed by atoms with Crippen LogP contribution in [-0.2, 0) is 4.74 Å². The maximum atomic E-state index is 12.4. The van der Waals surface area contributed by atoms with Gasteiger partial charge in [-0.1, -0.05) is 0 Å². The third kappa shape index (κ3) is 2.34. The van der Waals surface area contributed by atoms with Crippen LogP contribution in [0.15, 0.2) is 12.3 Å². The lowest BCUT2D eigenvalue weighted by atomic mass is 10.1. The zero-order chi connectivity index (χ0) is 11.4.